The number of amides is 1. The van der Waals surface area contributed by atoms with Gasteiger partial charge in [0.1, 0.15) is 6.04 Å². The van der Waals surface area contributed by atoms with Gasteiger partial charge in [0.25, 0.3) is 5.91 Å². The van der Waals surface area contributed by atoms with Crippen molar-refractivity contribution >= 4 is 12.0 Å². The first-order valence-electron chi connectivity index (χ1n) is 6.77. The average molecular weight is 274 g/mol. The first-order valence-corrected chi connectivity index (χ1v) is 6.77. The number of rotatable bonds is 1. The van der Waals surface area contributed by atoms with Gasteiger partial charge < -0.3 is 0 Å². The van der Waals surface area contributed by atoms with Crippen molar-refractivity contribution in [2.24, 2.45) is 0 Å². The lowest BCUT2D eigenvalue weighted by molar-refractivity contribution is 0.0794. The van der Waals surface area contributed by atoms with Crippen molar-refractivity contribution in [3.05, 3.63) is 77.0 Å². The summed E-state index contributed by atoms with van der Waals surface area (Å²) in [6, 6.07) is 16.7. The molecule has 1 amide bonds. The van der Waals surface area contributed by atoms with Crippen LogP contribution in [0.4, 0.5) is 0 Å². The maximum absolute atomic E-state index is 12.7. The van der Waals surface area contributed by atoms with Crippen LogP contribution < -0.4 is 0 Å². The molecule has 0 aliphatic carbocycles. The molecular weight excluding hydrogens is 260 g/mol. The molecule has 102 valence electrons. The van der Waals surface area contributed by atoms with Crippen LogP contribution in [0, 0.1) is 18.3 Å². The monoisotopic (exact) mass is 274 g/mol. The quantitative estimate of drug-likeness (QED) is 0.796. The second-order valence-corrected chi connectivity index (χ2v) is 5.06. The van der Waals surface area contributed by atoms with Crippen LogP contribution in [0.2, 0.25) is 0 Å². The molecule has 3 heteroatoms. The molecule has 1 aliphatic rings. The molecule has 1 aliphatic heterocycles. The van der Waals surface area contributed by atoms with E-state index in [2.05, 4.69) is 6.07 Å². The third-order valence-electron chi connectivity index (χ3n) is 3.61. The van der Waals surface area contributed by atoms with Gasteiger partial charge in [-0.3, -0.25) is 9.69 Å². The van der Waals surface area contributed by atoms with Crippen LogP contribution in [-0.2, 0) is 0 Å². The van der Waals surface area contributed by atoms with Crippen molar-refractivity contribution in [3.63, 3.8) is 0 Å². The first kappa shape index (κ1) is 13.1. The van der Waals surface area contributed by atoms with Crippen molar-refractivity contribution in [2.75, 3.05) is 0 Å². The zero-order valence-electron chi connectivity index (χ0n) is 11.7. The summed E-state index contributed by atoms with van der Waals surface area (Å²) in [5.74, 6) is -0.156. The minimum Gasteiger partial charge on any atom is -0.294 e. The number of nitrogens with zero attached hydrogens (tertiary/aromatic N) is 2. The fraction of sp³-hybridized carbons (Fsp3) is 0.111. The predicted molar refractivity (Wildman–Crippen MR) is 81.2 cm³/mol. The molecule has 0 aromatic heterocycles. The predicted octanol–water partition coefficient (Wildman–Crippen LogP) is 3.69. The Bertz CT molecular complexity index is 771. The standard InChI is InChI=1S/C18H14N2O/c1-13-5-4-7-15(11-13)18(21)20-10-9-14-6-2-3-8-16(14)17(20)12-19/h2-11,17H,1H3/t17-/m0/s1. The molecule has 0 saturated heterocycles. The first-order chi connectivity index (χ1) is 10.2. The van der Waals surface area contributed by atoms with E-state index in [4.69, 9.17) is 0 Å². The Balaban J connectivity index is 2.01. The molecule has 0 spiro atoms. The fourth-order valence-electron chi connectivity index (χ4n) is 2.55. The second-order valence-electron chi connectivity index (χ2n) is 5.06. The zero-order valence-corrected chi connectivity index (χ0v) is 11.7. The number of benzene rings is 2. The van der Waals surface area contributed by atoms with Crippen LogP contribution >= 0.6 is 0 Å². The van der Waals surface area contributed by atoms with Gasteiger partial charge in [0, 0.05) is 11.8 Å². The second kappa shape index (κ2) is 5.26. The third-order valence-corrected chi connectivity index (χ3v) is 3.61. The smallest absolute Gasteiger partial charge is 0.259 e. The molecule has 0 bridgehead atoms. The summed E-state index contributed by atoms with van der Waals surface area (Å²) in [4.78, 5) is 14.2. The van der Waals surface area contributed by atoms with Crippen LogP contribution in [0.1, 0.15) is 33.1 Å². The zero-order chi connectivity index (χ0) is 14.8. The number of aryl methyl sites for hydroxylation is 1. The van der Waals surface area contributed by atoms with Crippen LogP contribution in [-0.4, -0.2) is 10.8 Å². The molecule has 3 rings (SSSR count). The molecule has 0 fully saturated rings. The van der Waals surface area contributed by atoms with Gasteiger partial charge in [-0.05, 0) is 36.3 Å². The lowest BCUT2D eigenvalue weighted by Crippen LogP contribution is -2.31. The van der Waals surface area contributed by atoms with E-state index < -0.39 is 6.04 Å². The van der Waals surface area contributed by atoms with E-state index in [1.807, 2.05) is 55.5 Å². The largest absolute Gasteiger partial charge is 0.294 e. The van der Waals surface area contributed by atoms with E-state index in [0.29, 0.717) is 5.56 Å². The highest BCUT2D eigenvalue weighted by molar-refractivity contribution is 5.96. The summed E-state index contributed by atoms with van der Waals surface area (Å²) >= 11 is 0. The minimum absolute atomic E-state index is 0.156. The summed E-state index contributed by atoms with van der Waals surface area (Å²) in [7, 11) is 0. The minimum atomic E-state index is -0.584. The summed E-state index contributed by atoms with van der Waals surface area (Å²) < 4.78 is 0. The summed E-state index contributed by atoms with van der Waals surface area (Å²) in [5, 5.41) is 9.48. The molecule has 2 aromatic rings. The summed E-state index contributed by atoms with van der Waals surface area (Å²) in [5.41, 5.74) is 3.47. The highest BCUT2D eigenvalue weighted by Crippen LogP contribution is 2.30. The van der Waals surface area contributed by atoms with E-state index >= 15 is 0 Å². The Morgan fingerprint density at radius 1 is 1.19 bits per heavy atom. The molecule has 2 aromatic carbocycles. The molecule has 1 atom stereocenters. The van der Waals surface area contributed by atoms with E-state index in [-0.39, 0.29) is 5.91 Å². The molecule has 0 saturated carbocycles. The van der Waals surface area contributed by atoms with Gasteiger partial charge in [-0.15, -0.1) is 0 Å². The van der Waals surface area contributed by atoms with Gasteiger partial charge in [0.15, 0.2) is 0 Å². The molecule has 21 heavy (non-hydrogen) atoms. The van der Waals surface area contributed by atoms with Gasteiger partial charge in [0.05, 0.1) is 6.07 Å². The van der Waals surface area contributed by atoms with Crippen molar-refractivity contribution in [1.29, 1.82) is 5.26 Å². The maximum atomic E-state index is 12.7. The Hall–Kier alpha value is -2.86. The molecule has 3 nitrogen and oxygen atoms in total. The molecule has 0 radical (unpaired) electrons. The van der Waals surface area contributed by atoms with Gasteiger partial charge in [-0.2, -0.15) is 5.26 Å². The van der Waals surface area contributed by atoms with Gasteiger partial charge in [-0.1, -0.05) is 42.0 Å². The molecule has 1 heterocycles. The number of fused-ring (bicyclic) bond motifs is 1. The Morgan fingerprint density at radius 2 is 2.00 bits per heavy atom. The van der Waals surface area contributed by atoms with E-state index in [1.54, 1.807) is 12.3 Å². The van der Waals surface area contributed by atoms with E-state index in [9.17, 15) is 10.1 Å². The summed E-state index contributed by atoms with van der Waals surface area (Å²) in [6.45, 7) is 1.94. The van der Waals surface area contributed by atoms with Crippen molar-refractivity contribution < 1.29 is 4.79 Å². The number of carbonyl (C=O) groups excluding carboxylic acids is 1. The molecule has 0 unspecified atom stereocenters. The topological polar surface area (TPSA) is 44.1 Å². The number of hydrogen-bond acceptors (Lipinski definition) is 2. The Morgan fingerprint density at radius 3 is 2.76 bits per heavy atom. The van der Waals surface area contributed by atoms with Crippen molar-refractivity contribution in [3.8, 4) is 6.07 Å². The molecular formula is C18H14N2O. The fourth-order valence-corrected chi connectivity index (χ4v) is 2.55. The molecule has 0 N–H and O–H groups in total. The number of hydrogen-bond donors (Lipinski definition) is 0. The average Bonchev–Trinajstić information content (AvgIpc) is 2.53. The van der Waals surface area contributed by atoms with Crippen LogP contribution in [0.3, 0.4) is 0 Å². The SMILES string of the molecule is Cc1cccc(C(=O)N2C=Cc3ccccc3[C@@H]2C#N)c1. The lowest BCUT2D eigenvalue weighted by atomic mass is 9.96. The van der Waals surface area contributed by atoms with Gasteiger partial charge >= 0.3 is 0 Å². The maximum Gasteiger partial charge on any atom is 0.259 e. The highest BCUT2D eigenvalue weighted by Gasteiger charge is 2.28. The number of nitriles is 1. The Kier molecular flexibility index (Phi) is 3.29. The van der Waals surface area contributed by atoms with Crippen LogP contribution in [0.15, 0.2) is 54.7 Å². The number of carbonyl (C=O) groups is 1. The Labute approximate surface area is 123 Å². The van der Waals surface area contributed by atoms with Crippen molar-refractivity contribution in [1.82, 2.24) is 4.90 Å². The van der Waals surface area contributed by atoms with E-state index in [1.165, 1.54) is 4.90 Å². The highest BCUT2D eigenvalue weighted by atomic mass is 16.2. The van der Waals surface area contributed by atoms with Gasteiger partial charge in [0.2, 0.25) is 0 Å². The van der Waals surface area contributed by atoms with Crippen molar-refractivity contribution in [2.45, 2.75) is 13.0 Å². The third kappa shape index (κ3) is 2.32. The lowest BCUT2D eigenvalue weighted by Gasteiger charge is -2.28. The van der Waals surface area contributed by atoms with E-state index in [0.717, 1.165) is 16.7 Å². The normalized spacial score (nSPS) is 16.2. The summed E-state index contributed by atoms with van der Waals surface area (Å²) in [6.07, 6.45) is 3.57. The van der Waals surface area contributed by atoms with Gasteiger partial charge in [-0.25, -0.2) is 0 Å². The van der Waals surface area contributed by atoms with Crippen LogP contribution in [0.25, 0.3) is 6.08 Å². The van der Waals surface area contributed by atoms with Crippen LogP contribution in [0.5, 0.6) is 0 Å².